The Morgan fingerprint density at radius 3 is 2.63 bits per heavy atom. The second kappa shape index (κ2) is 10.4. The molecule has 156 valence electrons. The summed E-state index contributed by atoms with van der Waals surface area (Å²) in [5, 5.41) is 17.2. The largest absolute Gasteiger partial charge is 0.497 e. The van der Waals surface area contributed by atoms with Gasteiger partial charge in [0.1, 0.15) is 5.75 Å². The van der Waals surface area contributed by atoms with E-state index in [0.717, 1.165) is 23.2 Å². The van der Waals surface area contributed by atoms with Crippen molar-refractivity contribution in [1.29, 1.82) is 0 Å². The van der Waals surface area contributed by atoms with Crippen LogP contribution in [0.1, 0.15) is 10.7 Å². The van der Waals surface area contributed by atoms with E-state index in [-0.39, 0.29) is 24.0 Å². The number of halogens is 1. The quantitative estimate of drug-likeness (QED) is 0.223. The average Bonchev–Trinajstić information content (AvgIpc) is 3.41. The topological polar surface area (TPSA) is 75.8 Å². The molecule has 0 radical (unpaired) electrons. The highest BCUT2D eigenvalue weighted by atomic mass is 127. The molecule has 1 aromatic carbocycles. The number of nitrogens with zero attached hydrogens (tertiary/aromatic N) is 4. The second-order valence-corrected chi connectivity index (χ2v) is 7.35. The summed E-state index contributed by atoms with van der Waals surface area (Å²) in [6, 6.07) is 16.1. The lowest BCUT2D eigenvalue weighted by Gasteiger charge is -2.10. The standard InChI is InChI=1S/C21H22N6OS.HI/c1-22-21(24-13-20-26-25-19-5-3-4-10-27(19)20)23-12-18-11-16(14-29-18)15-6-8-17(28-2)9-7-15;/h3-11,14H,12-13H2,1-2H3,(H2,22,23,24);1H. The van der Waals surface area contributed by atoms with E-state index < -0.39 is 0 Å². The Morgan fingerprint density at radius 2 is 1.87 bits per heavy atom. The van der Waals surface area contributed by atoms with Gasteiger partial charge in [-0.2, -0.15) is 0 Å². The van der Waals surface area contributed by atoms with Crippen molar-refractivity contribution in [2.24, 2.45) is 4.99 Å². The maximum Gasteiger partial charge on any atom is 0.191 e. The zero-order valence-corrected chi connectivity index (χ0v) is 19.8. The van der Waals surface area contributed by atoms with Crippen LogP contribution in [0.4, 0.5) is 0 Å². The number of fused-ring (bicyclic) bond motifs is 1. The summed E-state index contributed by atoms with van der Waals surface area (Å²) in [6.45, 7) is 1.23. The third-order valence-electron chi connectivity index (χ3n) is 4.53. The number of guanidine groups is 1. The van der Waals surface area contributed by atoms with E-state index in [4.69, 9.17) is 4.74 Å². The molecule has 2 N–H and O–H groups in total. The van der Waals surface area contributed by atoms with Gasteiger partial charge in [-0.05, 0) is 46.8 Å². The molecule has 0 saturated heterocycles. The molecule has 9 heteroatoms. The molecule has 7 nitrogen and oxygen atoms in total. The Morgan fingerprint density at radius 1 is 1.07 bits per heavy atom. The van der Waals surface area contributed by atoms with Gasteiger partial charge >= 0.3 is 0 Å². The van der Waals surface area contributed by atoms with E-state index in [9.17, 15) is 0 Å². The Kier molecular flexibility index (Phi) is 7.63. The van der Waals surface area contributed by atoms with Gasteiger partial charge in [0.25, 0.3) is 0 Å². The summed E-state index contributed by atoms with van der Waals surface area (Å²) >= 11 is 1.72. The molecule has 0 fully saturated rings. The van der Waals surface area contributed by atoms with Crippen LogP contribution < -0.4 is 15.4 Å². The van der Waals surface area contributed by atoms with Gasteiger partial charge in [0.2, 0.25) is 0 Å². The predicted molar refractivity (Wildman–Crippen MR) is 132 cm³/mol. The number of benzene rings is 1. The first-order valence-corrected chi connectivity index (χ1v) is 10.1. The first-order valence-electron chi connectivity index (χ1n) is 9.22. The molecule has 4 aromatic rings. The number of aromatic nitrogens is 3. The molecule has 0 aliphatic carbocycles. The molecule has 30 heavy (non-hydrogen) atoms. The van der Waals surface area contributed by atoms with E-state index >= 15 is 0 Å². The third kappa shape index (κ3) is 5.08. The van der Waals surface area contributed by atoms with Gasteiger partial charge in [-0.3, -0.25) is 9.39 Å². The Hall–Kier alpha value is -2.66. The van der Waals surface area contributed by atoms with Crippen LogP contribution in [0, 0.1) is 0 Å². The molecule has 3 heterocycles. The fourth-order valence-electron chi connectivity index (χ4n) is 2.97. The third-order valence-corrected chi connectivity index (χ3v) is 5.47. The van der Waals surface area contributed by atoms with Crippen LogP contribution in [-0.2, 0) is 13.1 Å². The fraction of sp³-hybridized carbons (Fsp3) is 0.190. The number of pyridine rings is 1. The van der Waals surface area contributed by atoms with Gasteiger partial charge in [0.05, 0.1) is 20.2 Å². The smallest absolute Gasteiger partial charge is 0.191 e. The van der Waals surface area contributed by atoms with Crippen molar-refractivity contribution < 1.29 is 4.74 Å². The summed E-state index contributed by atoms with van der Waals surface area (Å²) in [5.41, 5.74) is 3.21. The second-order valence-electron chi connectivity index (χ2n) is 6.35. The summed E-state index contributed by atoms with van der Waals surface area (Å²) < 4.78 is 7.18. The fourth-order valence-corrected chi connectivity index (χ4v) is 3.81. The number of nitrogens with one attached hydrogen (secondary N) is 2. The van der Waals surface area contributed by atoms with Crippen LogP contribution in [0.25, 0.3) is 16.8 Å². The summed E-state index contributed by atoms with van der Waals surface area (Å²) in [7, 11) is 3.43. The van der Waals surface area contributed by atoms with Gasteiger partial charge in [0, 0.05) is 18.1 Å². The molecule has 0 aliphatic heterocycles. The minimum Gasteiger partial charge on any atom is -0.497 e. The van der Waals surface area contributed by atoms with Gasteiger partial charge in [0.15, 0.2) is 17.4 Å². The van der Waals surface area contributed by atoms with E-state index in [2.05, 4.69) is 49.4 Å². The van der Waals surface area contributed by atoms with Crippen LogP contribution in [0.3, 0.4) is 0 Å². The molecule has 3 aromatic heterocycles. The Bertz CT molecular complexity index is 1120. The minimum atomic E-state index is 0. The van der Waals surface area contributed by atoms with Gasteiger partial charge in [-0.25, -0.2) is 0 Å². The number of methoxy groups -OCH3 is 1. The number of thiophene rings is 1. The van der Waals surface area contributed by atoms with Crippen molar-refractivity contribution >= 4 is 46.9 Å². The first kappa shape index (κ1) is 22.0. The number of hydrogen-bond acceptors (Lipinski definition) is 5. The van der Waals surface area contributed by atoms with Crippen molar-refractivity contribution in [2.45, 2.75) is 13.1 Å². The summed E-state index contributed by atoms with van der Waals surface area (Å²) in [5.74, 6) is 2.42. The van der Waals surface area contributed by atoms with Crippen LogP contribution >= 0.6 is 35.3 Å². The highest BCUT2D eigenvalue weighted by Crippen LogP contribution is 2.27. The lowest BCUT2D eigenvalue weighted by Crippen LogP contribution is -2.36. The number of ether oxygens (including phenoxy) is 1. The van der Waals surface area contributed by atoms with E-state index in [1.54, 1.807) is 25.5 Å². The van der Waals surface area contributed by atoms with Crippen LogP contribution in [0.15, 0.2) is 65.1 Å². The predicted octanol–water partition coefficient (Wildman–Crippen LogP) is 3.95. The molecular weight excluding hydrogens is 511 g/mol. The highest BCUT2D eigenvalue weighted by Gasteiger charge is 2.07. The minimum absolute atomic E-state index is 0. The normalized spacial score (nSPS) is 11.2. The van der Waals surface area contributed by atoms with E-state index in [1.807, 2.05) is 40.9 Å². The summed E-state index contributed by atoms with van der Waals surface area (Å²) in [6.07, 6.45) is 1.95. The van der Waals surface area contributed by atoms with Crippen molar-refractivity contribution in [1.82, 2.24) is 25.2 Å². The van der Waals surface area contributed by atoms with Crippen molar-refractivity contribution in [3.8, 4) is 16.9 Å². The van der Waals surface area contributed by atoms with Gasteiger partial charge < -0.3 is 15.4 Å². The first-order chi connectivity index (χ1) is 14.3. The van der Waals surface area contributed by atoms with Crippen molar-refractivity contribution in [3.05, 3.63) is 70.8 Å². The lowest BCUT2D eigenvalue weighted by molar-refractivity contribution is 0.415. The lowest BCUT2D eigenvalue weighted by atomic mass is 10.1. The Labute approximate surface area is 196 Å². The van der Waals surface area contributed by atoms with E-state index in [1.165, 1.54) is 16.0 Å². The molecule has 4 rings (SSSR count). The molecule has 0 unspecified atom stereocenters. The maximum absolute atomic E-state index is 5.22. The molecule has 0 bridgehead atoms. The SMILES string of the molecule is CN=C(NCc1cc(-c2ccc(OC)cc2)cs1)NCc1nnc2ccccn12.I. The number of rotatable bonds is 6. The van der Waals surface area contributed by atoms with Crippen molar-refractivity contribution in [3.63, 3.8) is 0 Å². The highest BCUT2D eigenvalue weighted by molar-refractivity contribution is 14.0. The molecule has 0 amide bonds. The maximum atomic E-state index is 5.22. The van der Waals surface area contributed by atoms with Gasteiger partial charge in [-0.1, -0.05) is 18.2 Å². The van der Waals surface area contributed by atoms with Crippen LogP contribution in [0.2, 0.25) is 0 Å². The van der Waals surface area contributed by atoms with Crippen LogP contribution in [0.5, 0.6) is 5.75 Å². The molecular formula is C21H23IN6OS. The molecule has 0 spiro atoms. The molecule has 0 saturated carbocycles. The van der Waals surface area contributed by atoms with Gasteiger partial charge in [-0.15, -0.1) is 45.5 Å². The zero-order valence-electron chi connectivity index (χ0n) is 16.7. The van der Waals surface area contributed by atoms with E-state index in [0.29, 0.717) is 13.1 Å². The monoisotopic (exact) mass is 534 g/mol. The van der Waals surface area contributed by atoms with Crippen LogP contribution in [-0.4, -0.2) is 34.7 Å². The molecule has 0 atom stereocenters. The number of aliphatic imine (C=N–C) groups is 1. The molecule has 0 aliphatic rings. The zero-order chi connectivity index (χ0) is 20.1. The average molecular weight is 534 g/mol. The van der Waals surface area contributed by atoms with Crippen molar-refractivity contribution in [2.75, 3.05) is 14.2 Å². The Balaban J connectivity index is 0.00000256. The number of hydrogen-bond donors (Lipinski definition) is 2. The summed E-state index contributed by atoms with van der Waals surface area (Å²) in [4.78, 5) is 5.52.